The van der Waals surface area contributed by atoms with Gasteiger partial charge in [-0.25, -0.2) is 4.98 Å². The SMILES string of the molecule is Cc1nc(CC(CC(C)C(C)(C)C)NN)sc1C. The molecule has 4 heteroatoms. The van der Waals surface area contributed by atoms with Gasteiger partial charge in [0.05, 0.1) is 10.7 Å². The molecule has 0 bridgehead atoms. The summed E-state index contributed by atoms with van der Waals surface area (Å²) in [5.74, 6) is 6.31. The Morgan fingerprint density at radius 2 is 1.94 bits per heavy atom. The minimum atomic E-state index is 0.309. The monoisotopic (exact) mass is 269 g/mol. The lowest BCUT2D eigenvalue weighted by Crippen LogP contribution is -2.39. The Hall–Kier alpha value is -0.450. The van der Waals surface area contributed by atoms with Crippen molar-refractivity contribution in [2.75, 3.05) is 0 Å². The number of hydrogen-bond donors (Lipinski definition) is 2. The normalized spacial score (nSPS) is 15.7. The first kappa shape index (κ1) is 15.6. The summed E-state index contributed by atoms with van der Waals surface area (Å²) < 4.78 is 0. The van der Waals surface area contributed by atoms with Crippen LogP contribution in [0.2, 0.25) is 0 Å². The Morgan fingerprint density at radius 3 is 2.33 bits per heavy atom. The van der Waals surface area contributed by atoms with Gasteiger partial charge in [-0.05, 0) is 31.6 Å². The third-order valence-electron chi connectivity index (χ3n) is 3.85. The van der Waals surface area contributed by atoms with Gasteiger partial charge in [0.2, 0.25) is 0 Å². The Bertz CT molecular complexity index is 359. The molecule has 0 amide bonds. The lowest BCUT2D eigenvalue weighted by Gasteiger charge is -2.30. The molecular weight excluding hydrogens is 242 g/mol. The van der Waals surface area contributed by atoms with Crippen LogP contribution in [0.3, 0.4) is 0 Å². The van der Waals surface area contributed by atoms with E-state index in [9.17, 15) is 0 Å². The van der Waals surface area contributed by atoms with E-state index in [1.165, 1.54) is 9.88 Å². The van der Waals surface area contributed by atoms with Crippen LogP contribution < -0.4 is 11.3 Å². The molecule has 1 heterocycles. The fourth-order valence-corrected chi connectivity index (χ4v) is 2.84. The second-order valence-corrected chi connectivity index (χ2v) is 7.61. The van der Waals surface area contributed by atoms with Crippen LogP contribution in [0.25, 0.3) is 0 Å². The zero-order valence-electron chi connectivity index (χ0n) is 12.5. The zero-order chi connectivity index (χ0) is 13.9. The first-order valence-electron chi connectivity index (χ1n) is 6.63. The molecule has 104 valence electrons. The fourth-order valence-electron chi connectivity index (χ4n) is 1.83. The van der Waals surface area contributed by atoms with Gasteiger partial charge >= 0.3 is 0 Å². The summed E-state index contributed by atoms with van der Waals surface area (Å²) in [5.41, 5.74) is 4.42. The van der Waals surface area contributed by atoms with Crippen molar-refractivity contribution >= 4 is 11.3 Å². The second kappa shape index (κ2) is 6.13. The molecule has 0 radical (unpaired) electrons. The van der Waals surface area contributed by atoms with Crippen LogP contribution >= 0.6 is 11.3 Å². The first-order valence-corrected chi connectivity index (χ1v) is 7.44. The summed E-state index contributed by atoms with van der Waals surface area (Å²) in [6.45, 7) is 13.3. The van der Waals surface area contributed by atoms with Crippen molar-refractivity contribution in [2.45, 2.75) is 60.4 Å². The van der Waals surface area contributed by atoms with Crippen LogP contribution in [0, 0.1) is 25.2 Å². The van der Waals surface area contributed by atoms with Crippen molar-refractivity contribution in [3.8, 4) is 0 Å². The highest BCUT2D eigenvalue weighted by Crippen LogP contribution is 2.30. The van der Waals surface area contributed by atoms with E-state index in [4.69, 9.17) is 5.84 Å². The summed E-state index contributed by atoms with van der Waals surface area (Å²) in [4.78, 5) is 5.90. The van der Waals surface area contributed by atoms with Gasteiger partial charge in [-0.2, -0.15) is 0 Å². The Morgan fingerprint density at radius 1 is 1.33 bits per heavy atom. The van der Waals surface area contributed by atoms with E-state index >= 15 is 0 Å². The molecule has 3 nitrogen and oxygen atoms in total. The maximum Gasteiger partial charge on any atom is 0.0946 e. The number of hydrazine groups is 1. The van der Waals surface area contributed by atoms with Crippen molar-refractivity contribution in [1.29, 1.82) is 0 Å². The Labute approximate surface area is 115 Å². The summed E-state index contributed by atoms with van der Waals surface area (Å²) in [7, 11) is 0. The highest BCUT2D eigenvalue weighted by atomic mass is 32.1. The molecule has 0 fully saturated rings. The molecule has 0 aliphatic rings. The number of aryl methyl sites for hydroxylation is 2. The number of nitrogens with one attached hydrogen (secondary N) is 1. The molecule has 0 spiro atoms. The molecule has 1 aromatic rings. The molecule has 2 atom stereocenters. The minimum Gasteiger partial charge on any atom is -0.271 e. The molecule has 0 aliphatic carbocycles. The van der Waals surface area contributed by atoms with E-state index in [1.54, 1.807) is 11.3 Å². The molecule has 3 N–H and O–H groups in total. The average Bonchev–Trinajstić information content (AvgIpc) is 2.55. The molecule has 18 heavy (non-hydrogen) atoms. The van der Waals surface area contributed by atoms with Gasteiger partial charge in [0, 0.05) is 17.3 Å². The fraction of sp³-hybridized carbons (Fsp3) is 0.786. The molecule has 0 saturated carbocycles. The maximum atomic E-state index is 5.68. The van der Waals surface area contributed by atoms with Crippen LogP contribution in [0.15, 0.2) is 0 Å². The maximum absolute atomic E-state index is 5.68. The van der Waals surface area contributed by atoms with Crippen molar-refractivity contribution < 1.29 is 0 Å². The lowest BCUT2D eigenvalue weighted by molar-refractivity contribution is 0.222. The third-order valence-corrected chi connectivity index (χ3v) is 4.94. The van der Waals surface area contributed by atoms with E-state index in [0.29, 0.717) is 17.4 Å². The summed E-state index contributed by atoms with van der Waals surface area (Å²) in [5, 5.41) is 1.19. The van der Waals surface area contributed by atoms with Crippen LogP contribution in [0.4, 0.5) is 0 Å². The summed E-state index contributed by atoms with van der Waals surface area (Å²) in [6.07, 6.45) is 2.01. The second-order valence-electron chi connectivity index (χ2n) is 6.32. The van der Waals surface area contributed by atoms with Gasteiger partial charge in [0.25, 0.3) is 0 Å². The van der Waals surface area contributed by atoms with Gasteiger partial charge in [0.1, 0.15) is 0 Å². The molecule has 0 saturated heterocycles. The summed E-state index contributed by atoms with van der Waals surface area (Å²) >= 11 is 1.79. The van der Waals surface area contributed by atoms with Crippen LogP contribution in [0.5, 0.6) is 0 Å². The highest BCUT2D eigenvalue weighted by Gasteiger charge is 2.24. The largest absolute Gasteiger partial charge is 0.271 e. The Kier molecular flexibility index (Phi) is 5.32. The smallest absolute Gasteiger partial charge is 0.0946 e. The molecule has 1 rings (SSSR count). The van der Waals surface area contributed by atoms with Gasteiger partial charge in [-0.15, -0.1) is 11.3 Å². The van der Waals surface area contributed by atoms with E-state index in [0.717, 1.165) is 18.5 Å². The number of hydrogen-bond acceptors (Lipinski definition) is 4. The first-order chi connectivity index (χ1) is 8.24. The number of nitrogens with two attached hydrogens (primary N) is 1. The predicted molar refractivity (Wildman–Crippen MR) is 79.6 cm³/mol. The van der Waals surface area contributed by atoms with E-state index in [2.05, 4.69) is 52.0 Å². The average molecular weight is 269 g/mol. The summed E-state index contributed by atoms with van der Waals surface area (Å²) in [6, 6.07) is 0.309. The molecule has 0 aromatic carbocycles. The van der Waals surface area contributed by atoms with Gasteiger partial charge in [-0.3, -0.25) is 11.3 Å². The van der Waals surface area contributed by atoms with Crippen LogP contribution in [-0.4, -0.2) is 11.0 Å². The molecular formula is C14H27N3S. The van der Waals surface area contributed by atoms with Crippen molar-refractivity contribution in [3.05, 3.63) is 15.6 Å². The minimum absolute atomic E-state index is 0.309. The zero-order valence-corrected chi connectivity index (χ0v) is 13.3. The van der Waals surface area contributed by atoms with Gasteiger partial charge in [0.15, 0.2) is 0 Å². The molecule has 2 unspecified atom stereocenters. The van der Waals surface area contributed by atoms with Gasteiger partial charge < -0.3 is 0 Å². The lowest BCUT2D eigenvalue weighted by atomic mass is 9.78. The van der Waals surface area contributed by atoms with E-state index in [-0.39, 0.29) is 0 Å². The number of thiazole rings is 1. The van der Waals surface area contributed by atoms with Gasteiger partial charge in [-0.1, -0.05) is 27.7 Å². The topological polar surface area (TPSA) is 50.9 Å². The van der Waals surface area contributed by atoms with E-state index < -0.39 is 0 Å². The number of aromatic nitrogens is 1. The van der Waals surface area contributed by atoms with Crippen molar-refractivity contribution in [2.24, 2.45) is 17.2 Å². The van der Waals surface area contributed by atoms with Crippen molar-refractivity contribution in [1.82, 2.24) is 10.4 Å². The Balaban J connectivity index is 2.62. The number of rotatable bonds is 5. The quantitative estimate of drug-likeness (QED) is 0.637. The third kappa shape index (κ3) is 4.34. The van der Waals surface area contributed by atoms with Crippen LogP contribution in [-0.2, 0) is 6.42 Å². The van der Waals surface area contributed by atoms with Crippen LogP contribution in [0.1, 0.15) is 49.7 Å². The molecule has 0 aliphatic heterocycles. The standard InChI is InChI=1S/C14H27N3S/c1-9(14(4,5)6)7-12(17-15)8-13-16-10(2)11(3)18-13/h9,12,17H,7-8,15H2,1-6H3. The predicted octanol–water partition coefficient (Wildman–Crippen LogP) is 3.21. The molecule has 1 aromatic heterocycles. The van der Waals surface area contributed by atoms with Crippen molar-refractivity contribution in [3.63, 3.8) is 0 Å². The van der Waals surface area contributed by atoms with E-state index in [1.807, 2.05) is 0 Å². The highest BCUT2D eigenvalue weighted by molar-refractivity contribution is 7.11. The number of nitrogens with zero attached hydrogens (tertiary/aromatic N) is 1.